The molecule has 100 valence electrons. The standard InChI is InChI=1S/C16H22BrF/c17-12-2-1-3-13-4-6-14(7-5-13)15-8-10-16(18)11-9-15/h8-11,13-14H,1-7,12H2. The third kappa shape index (κ3) is 4.08. The molecule has 1 aromatic rings. The van der Waals surface area contributed by atoms with Crippen LogP contribution in [0.3, 0.4) is 0 Å². The van der Waals surface area contributed by atoms with Gasteiger partial charge in [-0.3, -0.25) is 0 Å². The van der Waals surface area contributed by atoms with E-state index in [-0.39, 0.29) is 5.82 Å². The minimum Gasteiger partial charge on any atom is -0.207 e. The van der Waals surface area contributed by atoms with Crippen LogP contribution >= 0.6 is 15.9 Å². The van der Waals surface area contributed by atoms with Gasteiger partial charge in [-0.2, -0.15) is 0 Å². The van der Waals surface area contributed by atoms with Crippen molar-refractivity contribution in [2.75, 3.05) is 5.33 Å². The van der Waals surface area contributed by atoms with Crippen LogP contribution in [-0.2, 0) is 0 Å². The van der Waals surface area contributed by atoms with Crippen molar-refractivity contribution in [3.8, 4) is 0 Å². The molecule has 0 aromatic heterocycles. The highest BCUT2D eigenvalue weighted by Crippen LogP contribution is 2.37. The molecule has 1 saturated carbocycles. The van der Waals surface area contributed by atoms with E-state index in [0.717, 1.165) is 11.2 Å². The smallest absolute Gasteiger partial charge is 0.123 e. The van der Waals surface area contributed by atoms with Crippen LogP contribution < -0.4 is 0 Å². The van der Waals surface area contributed by atoms with Gasteiger partial charge in [0.15, 0.2) is 0 Å². The second-order valence-electron chi connectivity index (χ2n) is 5.45. The highest BCUT2D eigenvalue weighted by molar-refractivity contribution is 9.09. The van der Waals surface area contributed by atoms with E-state index in [4.69, 9.17) is 0 Å². The van der Waals surface area contributed by atoms with E-state index in [1.54, 1.807) is 12.1 Å². The SMILES string of the molecule is Fc1ccc(C2CCC(CCCCBr)CC2)cc1. The summed E-state index contributed by atoms with van der Waals surface area (Å²) in [5.41, 5.74) is 1.33. The Morgan fingerprint density at radius 1 is 1.00 bits per heavy atom. The maximum atomic E-state index is 12.9. The highest BCUT2D eigenvalue weighted by Gasteiger charge is 2.21. The summed E-state index contributed by atoms with van der Waals surface area (Å²) in [6, 6.07) is 7.12. The molecule has 0 unspecified atom stereocenters. The van der Waals surface area contributed by atoms with Crippen molar-refractivity contribution in [3.63, 3.8) is 0 Å². The van der Waals surface area contributed by atoms with Gasteiger partial charge >= 0.3 is 0 Å². The lowest BCUT2D eigenvalue weighted by Crippen LogP contribution is -2.13. The van der Waals surface area contributed by atoms with Gasteiger partial charge in [-0.25, -0.2) is 4.39 Å². The van der Waals surface area contributed by atoms with Crippen LogP contribution in [0, 0.1) is 11.7 Å². The maximum Gasteiger partial charge on any atom is 0.123 e. The van der Waals surface area contributed by atoms with Gasteiger partial charge < -0.3 is 0 Å². The number of alkyl halides is 1. The number of benzene rings is 1. The monoisotopic (exact) mass is 312 g/mol. The fourth-order valence-corrected chi connectivity index (χ4v) is 3.44. The lowest BCUT2D eigenvalue weighted by molar-refractivity contribution is 0.304. The average Bonchev–Trinajstić information content (AvgIpc) is 2.41. The zero-order valence-electron chi connectivity index (χ0n) is 10.9. The lowest BCUT2D eigenvalue weighted by Gasteiger charge is -2.28. The molecule has 0 N–H and O–H groups in total. The molecular weight excluding hydrogens is 291 g/mol. The van der Waals surface area contributed by atoms with Crippen molar-refractivity contribution in [1.82, 2.24) is 0 Å². The molecule has 0 amide bonds. The fourth-order valence-electron chi connectivity index (χ4n) is 3.05. The van der Waals surface area contributed by atoms with Crippen LogP contribution in [0.4, 0.5) is 4.39 Å². The Morgan fingerprint density at radius 3 is 2.28 bits per heavy atom. The Labute approximate surface area is 118 Å². The summed E-state index contributed by atoms with van der Waals surface area (Å²) in [6.45, 7) is 0. The topological polar surface area (TPSA) is 0 Å². The number of unbranched alkanes of at least 4 members (excludes halogenated alkanes) is 1. The first-order valence-corrected chi connectivity index (χ1v) is 8.23. The first-order valence-electron chi connectivity index (χ1n) is 7.11. The normalized spacial score (nSPS) is 24.1. The summed E-state index contributed by atoms with van der Waals surface area (Å²) < 4.78 is 12.9. The second kappa shape index (κ2) is 7.28. The largest absolute Gasteiger partial charge is 0.207 e. The van der Waals surface area contributed by atoms with Crippen LogP contribution in [0.25, 0.3) is 0 Å². The van der Waals surface area contributed by atoms with Gasteiger partial charge in [0.25, 0.3) is 0 Å². The van der Waals surface area contributed by atoms with Crippen molar-refractivity contribution in [1.29, 1.82) is 0 Å². The van der Waals surface area contributed by atoms with E-state index in [1.165, 1.54) is 50.5 Å². The van der Waals surface area contributed by atoms with E-state index in [9.17, 15) is 4.39 Å². The second-order valence-corrected chi connectivity index (χ2v) is 6.25. The summed E-state index contributed by atoms with van der Waals surface area (Å²) in [5.74, 6) is 1.47. The van der Waals surface area contributed by atoms with Gasteiger partial charge in [-0.1, -0.05) is 40.9 Å². The number of hydrogen-bond acceptors (Lipinski definition) is 0. The molecule has 1 aliphatic rings. The zero-order valence-corrected chi connectivity index (χ0v) is 12.5. The molecule has 1 aromatic carbocycles. The van der Waals surface area contributed by atoms with E-state index < -0.39 is 0 Å². The van der Waals surface area contributed by atoms with Gasteiger partial charge in [0.2, 0.25) is 0 Å². The third-order valence-electron chi connectivity index (χ3n) is 4.18. The van der Waals surface area contributed by atoms with Gasteiger partial charge in [0, 0.05) is 5.33 Å². The molecule has 0 nitrogen and oxygen atoms in total. The molecule has 2 rings (SSSR count). The molecule has 1 aliphatic carbocycles. The average molecular weight is 313 g/mol. The van der Waals surface area contributed by atoms with Crippen LogP contribution in [0.1, 0.15) is 56.4 Å². The Kier molecular flexibility index (Phi) is 5.68. The molecule has 1 fully saturated rings. The zero-order chi connectivity index (χ0) is 12.8. The van der Waals surface area contributed by atoms with Crippen LogP contribution in [-0.4, -0.2) is 5.33 Å². The molecular formula is C16H22BrF. The number of hydrogen-bond donors (Lipinski definition) is 0. The van der Waals surface area contributed by atoms with Crippen molar-refractivity contribution >= 4 is 15.9 Å². The number of halogens is 2. The van der Waals surface area contributed by atoms with Crippen molar-refractivity contribution < 1.29 is 4.39 Å². The van der Waals surface area contributed by atoms with E-state index >= 15 is 0 Å². The lowest BCUT2D eigenvalue weighted by atomic mass is 9.77. The molecule has 2 heteroatoms. The first kappa shape index (κ1) is 14.0. The summed E-state index contributed by atoms with van der Waals surface area (Å²) in [4.78, 5) is 0. The minimum absolute atomic E-state index is 0.123. The summed E-state index contributed by atoms with van der Waals surface area (Å²) in [5, 5.41) is 1.14. The molecule has 0 atom stereocenters. The Bertz CT molecular complexity index is 339. The summed E-state index contributed by atoms with van der Waals surface area (Å²) >= 11 is 3.49. The van der Waals surface area contributed by atoms with E-state index in [0.29, 0.717) is 5.92 Å². The van der Waals surface area contributed by atoms with Crippen molar-refractivity contribution in [2.24, 2.45) is 5.92 Å². The van der Waals surface area contributed by atoms with Crippen LogP contribution in [0.5, 0.6) is 0 Å². The maximum absolute atomic E-state index is 12.9. The van der Waals surface area contributed by atoms with E-state index in [2.05, 4.69) is 15.9 Å². The molecule has 18 heavy (non-hydrogen) atoms. The van der Waals surface area contributed by atoms with Gasteiger partial charge in [0.05, 0.1) is 0 Å². The molecule has 0 saturated heterocycles. The Morgan fingerprint density at radius 2 is 1.67 bits per heavy atom. The first-order chi connectivity index (χ1) is 8.79. The predicted molar refractivity (Wildman–Crippen MR) is 78.7 cm³/mol. The van der Waals surface area contributed by atoms with Crippen molar-refractivity contribution in [2.45, 2.75) is 50.9 Å². The van der Waals surface area contributed by atoms with E-state index in [1.807, 2.05) is 12.1 Å². The van der Waals surface area contributed by atoms with Crippen molar-refractivity contribution in [3.05, 3.63) is 35.6 Å². The van der Waals surface area contributed by atoms with Gasteiger partial charge in [-0.05, 0) is 61.6 Å². The molecule has 0 radical (unpaired) electrons. The summed E-state index contributed by atoms with van der Waals surface area (Å²) in [6.07, 6.45) is 9.32. The number of rotatable bonds is 5. The summed E-state index contributed by atoms with van der Waals surface area (Å²) in [7, 11) is 0. The quantitative estimate of drug-likeness (QED) is 0.486. The predicted octanol–water partition coefficient (Wildman–Crippen LogP) is 5.66. The van der Waals surface area contributed by atoms with Gasteiger partial charge in [-0.15, -0.1) is 0 Å². The highest BCUT2D eigenvalue weighted by atomic mass is 79.9. The molecule has 0 heterocycles. The Balaban J connectivity index is 1.77. The molecule has 0 spiro atoms. The minimum atomic E-state index is -0.123. The van der Waals surface area contributed by atoms with Crippen LogP contribution in [0.15, 0.2) is 24.3 Å². The van der Waals surface area contributed by atoms with Crippen LogP contribution in [0.2, 0.25) is 0 Å². The third-order valence-corrected chi connectivity index (χ3v) is 4.74. The Hall–Kier alpha value is -0.370. The van der Waals surface area contributed by atoms with Gasteiger partial charge in [0.1, 0.15) is 5.82 Å². The molecule has 0 bridgehead atoms. The fraction of sp³-hybridized carbons (Fsp3) is 0.625. The molecule has 0 aliphatic heterocycles.